The molecule has 1 aromatic carbocycles. The van der Waals surface area contributed by atoms with Crippen LogP contribution in [0.1, 0.15) is 0 Å². The number of nitrogens with zero attached hydrogens (tertiary/aromatic N) is 4. The number of H-pyrrole nitrogens is 1. The monoisotopic (exact) mass is 263 g/mol. The molecular formula is C14H9N5O. The molecule has 1 aromatic heterocycles. The summed E-state index contributed by atoms with van der Waals surface area (Å²) in [5.41, 5.74) is 2.13. The molecule has 2 aliphatic rings. The molecule has 6 heteroatoms. The van der Waals surface area contributed by atoms with Crippen LogP contribution in [0.25, 0.3) is 28.0 Å². The lowest BCUT2D eigenvalue weighted by atomic mass is 10.1. The van der Waals surface area contributed by atoms with E-state index in [1.54, 1.807) is 24.5 Å². The molecule has 6 nitrogen and oxygen atoms in total. The van der Waals surface area contributed by atoms with Crippen molar-refractivity contribution >= 4 is 10.9 Å². The van der Waals surface area contributed by atoms with Crippen LogP contribution in [0, 0.1) is 0 Å². The number of hydrogen-bond donors (Lipinski definition) is 1. The van der Waals surface area contributed by atoms with Gasteiger partial charge in [-0.05, 0) is 18.2 Å². The number of rotatable bonds is 1. The highest BCUT2D eigenvalue weighted by Gasteiger charge is 2.20. The molecule has 0 saturated carbocycles. The quantitative estimate of drug-likeness (QED) is 0.566. The summed E-state index contributed by atoms with van der Waals surface area (Å²) >= 11 is 0. The Morgan fingerprint density at radius 3 is 2.80 bits per heavy atom. The van der Waals surface area contributed by atoms with Crippen LogP contribution in [-0.4, -0.2) is 25.0 Å². The van der Waals surface area contributed by atoms with Gasteiger partial charge in [-0.2, -0.15) is 14.9 Å². The van der Waals surface area contributed by atoms with Gasteiger partial charge in [0.05, 0.1) is 17.4 Å². The van der Waals surface area contributed by atoms with Gasteiger partial charge in [-0.1, -0.05) is 18.2 Å². The van der Waals surface area contributed by atoms with E-state index in [0.717, 1.165) is 10.9 Å². The highest BCUT2D eigenvalue weighted by molar-refractivity contribution is 5.91. The molecule has 0 amide bonds. The van der Waals surface area contributed by atoms with Crippen molar-refractivity contribution in [3.63, 3.8) is 0 Å². The topological polar surface area (TPSA) is 76.5 Å². The average Bonchev–Trinajstić information content (AvgIpc) is 2.86. The van der Waals surface area contributed by atoms with Crippen LogP contribution in [-0.2, 0) is 0 Å². The Morgan fingerprint density at radius 1 is 1.05 bits per heavy atom. The maximum absolute atomic E-state index is 12.4. The molecule has 0 unspecified atom stereocenters. The first-order valence-corrected chi connectivity index (χ1v) is 6.11. The lowest BCUT2D eigenvalue weighted by Gasteiger charge is -2.00. The van der Waals surface area contributed by atoms with E-state index in [9.17, 15) is 4.79 Å². The van der Waals surface area contributed by atoms with Crippen LogP contribution in [0.2, 0.25) is 0 Å². The SMILES string of the molecule is O=c1c2n[nH]c3ccccc3c-2nn1-c1cccnc1. The highest BCUT2D eigenvalue weighted by atomic mass is 16.1. The van der Waals surface area contributed by atoms with E-state index in [0.29, 0.717) is 17.1 Å². The zero-order valence-electron chi connectivity index (χ0n) is 10.3. The zero-order chi connectivity index (χ0) is 13.5. The lowest BCUT2D eigenvalue weighted by Crippen LogP contribution is -2.15. The number of nitrogens with one attached hydrogen (secondary N) is 1. The maximum atomic E-state index is 12.4. The second kappa shape index (κ2) is 3.99. The van der Waals surface area contributed by atoms with Crippen molar-refractivity contribution < 1.29 is 0 Å². The van der Waals surface area contributed by atoms with E-state index in [4.69, 9.17) is 0 Å². The minimum atomic E-state index is -0.255. The van der Waals surface area contributed by atoms with Gasteiger partial charge in [-0.25, -0.2) is 0 Å². The molecule has 2 aliphatic heterocycles. The number of hydrogen-bond acceptors (Lipinski definition) is 4. The predicted molar refractivity (Wildman–Crippen MR) is 73.9 cm³/mol. The van der Waals surface area contributed by atoms with Gasteiger partial charge >= 0.3 is 5.56 Å². The first-order chi connectivity index (χ1) is 9.84. The van der Waals surface area contributed by atoms with Crippen molar-refractivity contribution in [2.45, 2.75) is 0 Å². The van der Waals surface area contributed by atoms with Crippen molar-refractivity contribution in [1.82, 2.24) is 25.0 Å². The smallest absolute Gasteiger partial charge is 0.277 e. The summed E-state index contributed by atoms with van der Waals surface area (Å²) in [6.45, 7) is 0. The third-order valence-corrected chi connectivity index (χ3v) is 3.18. The van der Waals surface area contributed by atoms with E-state index < -0.39 is 0 Å². The second-order valence-corrected chi connectivity index (χ2v) is 4.39. The largest absolute Gasteiger partial charge is 0.301 e. The van der Waals surface area contributed by atoms with Crippen LogP contribution in [0.3, 0.4) is 0 Å². The Labute approximate surface area is 113 Å². The van der Waals surface area contributed by atoms with Crippen molar-refractivity contribution in [1.29, 1.82) is 0 Å². The minimum Gasteiger partial charge on any atom is -0.277 e. The first-order valence-electron chi connectivity index (χ1n) is 6.11. The fraction of sp³-hybridized carbons (Fsp3) is 0. The molecule has 0 saturated heterocycles. The summed E-state index contributed by atoms with van der Waals surface area (Å²) in [5, 5.41) is 12.3. The summed E-state index contributed by atoms with van der Waals surface area (Å²) in [4.78, 5) is 16.4. The minimum absolute atomic E-state index is 0.255. The Bertz CT molecular complexity index is 925. The van der Waals surface area contributed by atoms with Gasteiger partial charge in [-0.3, -0.25) is 14.9 Å². The fourth-order valence-corrected chi connectivity index (χ4v) is 2.23. The van der Waals surface area contributed by atoms with E-state index in [1.807, 2.05) is 24.3 Å². The Kier molecular flexibility index (Phi) is 2.17. The molecule has 1 N–H and O–H groups in total. The van der Waals surface area contributed by atoms with E-state index in [2.05, 4.69) is 20.3 Å². The van der Waals surface area contributed by atoms with Crippen molar-refractivity contribution in [3.8, 4) is 17.1 Å². The summed E-state index contributed by atoms with van der Waals surface area (Å²) in [6.07, 6.45) is 3.25. The third kappa shape index (κ3) is 1.45. The van der Waals surface area contributed by atoms with Crippen molar-refractivity contribution in [2.75, 3.05) is 0 Å². The van der Waals surface area contributed by atoms with Gasteiger partial charge in [0.25, 0.3) is 0 Å². The van der Waals surface area contributed by atoms with Crippen molar-refractivity contribution in [2.24, 2.45) is 0 Å². The molecular weight excluding hydrogens is 254 g/mol. The Hall–Kier alpha value is -3.02. The molecule has 20 heavy (non-hydrogen) atoms. The first kappa shape index (κ1) is 10.9. The lowest BCUT2D eigenvalue weighted by molar-refractivity contribution is 0.852. The molecule has 2 aromatic rings. The fourth-order valence-electron chi connectivity index (χ4n) is 2.23. The number of fused-ring (bicyclic) bond motifs is 3. The molecule has 0 bridgehead atoms. The number of para-hydroxylation sites is 1. The van der Waals surface area contributed by atoms with Crippen LogP contribution >= 0.6 is 0 Å². The third-order valence-electron chi connectivity index (χ3n) is 3.18. The van der Waals surface area contributed by atoms with E-state index in [-0.39, 0.29) is 5.56 Å². The molecule has 0 spiro atoms. The van der Waals surface area contributed by atoms with Gasteiger partial charge in [-0.15, -0.1) is 0 Å². The molecule has 0 fully saturated rings. The Balaban J connectivity index is 2.10. The normalized spacial score (nSPS) is 11.2. The number of benzene rings is 1. The predicted octanol–water partition coefficient (Wildman–Crippen LogP) is 1.61. The summed E-state index contributed by atoms with van der Waals surface area (Å²) in [7, 11) is 0. The molecule has 0 aliphatic carbocycles. The molecule has 0 atom stereocenters. The van der Waals surface area contributed by atoms with Gasteiger partial charge in [0.2, 0.25) is 0 Å². The average molecular weight is 263 g/mol. The highest BCUT2D eigenvalue weighted by Crippen LogP contribution is 2.23. The number of aromatic nitrogens is 5. The Morgan fingerprint density at radius 2 is 1.95 bits per heavy atom. The van der Waals surface area contributed by atoms with Crippen molar-refractivity contribution in [3.05, 3.63) is 59.1 Å². The van der Waals surface area contributed by atoms with Gasteiger partial charge in [0.1, 0.15) is 5.69 Å². The van der Waals surface area contributed by atoms with Crippen LogP contribution in [0.4, 0.5) is 0 Å². The molecule has 96 valence electrons. The molecule has 4 rings (SSSR count). The number of aromatic amines is 1. The van der Waals surface area contributed by atoms with Gasteiger partial charge in [0.15, 0.2) is 5.69 Å². The summed E-state index contributed by atoms with van der Waals surface area (Å²) in [6, 6.07) is 11.2. The summed E-state index contributed by atoms with van der Waals surface area (Å²) < 4.78 is 1.32. The number of pyridine rings is 1. The standard InChI is InChI=1S/C14H9N5O/c20-14-13-12(10-5-1-2-6-11(10)16-17-13)18-19(14)9-4-3-7-15-8-9/h1-8,16H. The zero-order valence-corrected chi connectivity index (χ0v) is 10.3. The van der Waals surface area contributed by atoms with Gasteiger partial charge < -0.3 is 0 Å². The summed E-state index contributed by atoms with van der Waals surface area (Å²) in [5.74, 6) is 0. The van der Waals surface area contributed by atoms with Crippen LogP contribution in [0.5, 0.6) is 0 Å². The van der Waals surface area contributed by atoms with E-state index in [1.165, 1.54) is 4.68 Å². The second-order valence-electron chi connectivity index (χ2n) is 4.39. The maximum Gasteiger partial charge on any atom is 0.301 e. The molecule has 0 radical (unpaired) electrons. The van der Waals surface area contributed by atoms with Crippen LogP contribution in [0.15, 0.2) is 53.6 Å². The van der Waals surface area contributed by atoms with E-state index >= 15 is 0 Å². The van der Waals surface area contributed by atoms with Crippen LogP contribution < -0.4 is 5.56 Å². The molecule has 3 heterocycles. The van der Waals surface area contributed by atoms with Gasteiger partial charge in [0, 0.05) is 11.6 Å².